The predicted molar refractivity (Wildman–Crippen MR) is 63.4 cm³/mol. The Morgan fingerprint density at radius 1 is 1.28 bits per heavy atom. The van der Waals surface area contributed by atoms with Crippen LogP contribution in [0, 0.1) is 18.6 Å². The number of rotatable bonds is 4. The lowest BCUT2D eigenvalue weighted by molar-refractivity contribution is 0.578. The molecule has 0 spiro atoms. The molecule has 0 atom stereocenters. The van der Waals surface area contributed by atoms with Gasteiger partial charge in [-0.05, 0) is 25.1 Å². The molecule has 0 aliphatic carbocycles. The fraction of sp³-hybridized carbons (Fsp3) is 0.333. The van der Waals surface area contributed by atoms with Crippen molar-refractivity contribution in [1.82, 2.24) is 20.3 Å². The fourth-order valence-electron chi connectivity index (χ4n) is 1.56. The van der Waals surface area contributed by atoms with Gasteiger partial charge in [0.2, 0.25) is 0 Å². The largest absolute Gasteiger partial charge is 0.311 e. The molecule has 1 heterocycles. The quantitative estimate of drug-likeness (QED) is 0.904. The zero-order valence-electron chi connectivity index (χ0n) is 10.2. The van der Waals surface area contributed by atoms with E-state index in [9.17, 15) is 8.78 Å². The van der Waals surface area contributed by atoms with Gasteiger partial charge in [-0.2, -0.15) is 0 Å². The van der Waals surface area contributed by atoms with Crippen LogP contribution in [-0.4, -0.2) is 21.5 Å². The number of nitrogens with zero attached hydrogens (tertiary/aromatic N) is 3. The van der Waals surface area contributed by atoms with Gasteiger partial charge in [0.25, 0.3) is 0 Å². The van der Waals surface area contributed by atoms with Crippen LogP contribution >= 0.6 is 0 Å². The first kappa shape index (κ1) is 12.6. The van der Waals surface area contributed by atoms with Crippen LogP contribution in [0.25, 0.3) is 5.69 Å². The van der Waals surface area contributed by atoms with Gasteiger partial charge in [0, 0.05) is 12.6 Å². The molecule has 0 aliphatic rings. The number of aryl methyl sites for hydroxylation is 1. The Morgan fingerprint density at radius 3 is 2.78 bits per heavy atom. The third-order valence-electron chi connectivity index (χ3n) is 2.57. The SMILES string of the molecule is CCNCc1cn(-c2cc(F)c(C)cc2F)nn1. The number of hydrogen-bond acceptors (Lipinski definition) is 3. The lowest BCUT2D eigenvalue weighted by Gasteiger charge is -2.04. The van der Waals surface area contributed by atoms with Crippen LogP contribution in [0.5, 0.6) is 0 Å². The zero-order chi connectivity index (χ0) is 13.1. The molecule has 0 radical (unpaired) electrons. The molecule has 0 aliphatic heterocycles. The molecular weight excluding hydrogens is 238 g/mol. The average Bonchev–Trinajstić information content (AvgIpc) is 2.79. The van der Waals surface area contributed by atoms with Gasteiger partial charge in [0.15, 0.2) is 0 Å². The highest BCUT2D eigenvalue weighted by Crippen LogP contribution is 2.17. The minimum Gasteiger partial charge on any atom is -0.311 e. The molecule has 0 unspecified atom stereocenters. The third kappa shape index (κ3) is 2.53. The molecule has 0 saturated carbocycles. The standard InChI is InChI=1S/C12H14F2N4/c1-3-15-6-9-7-18(17-16-9)12-5-10(13)8(2)4-11(12)14/h4-5,7,15H,3,6H2,1-2H3. The molecule has 0 fully saturated rings. The summed E-state index contributed by atoms with van der Waals surface area (Å²) >= 11 is 0. The summed E-state index contributed by atoms with van der Waals surface area (Å²) in [6.07, 6.45) is 1.58. The van der Waals surface area contributed by atoms with E-state index in [2.05, 4.69) is 15.6 Å². The van der Waals surface area contributed by atoms with E-state index < -0.39 is 11.6 Å². The van der Waals surface area contributed by atoms with Crippen molar-refractivity contribution in [3.63, 3.8) is 0 Å². The number of aromatic nitrogens is 3. The Bertz CT molecular complexity index is 551. The highest BCUT2D eigenvalue weighted by molar-refractivity contribution is 5.36. The van der Waals surface area contributed by atoms with Gasteiger partial charge in [-0.1, -0.05) is 12.1 Å². The van der Waals surface area contributed by atoms with E-state index in [1.54, 1.807) is 6.20 Å². The monoisotopic (exact) mass is 252 g/mol. The number of benzene rings is 1. The second kappa shape index (κ2) is 5.22. The third-order valence-corrected chi connectivity index (χ3v) is 2.57. The van der Waals surface area contributed by atoms with Gasteiger partial charge in [-0.3, -0.25) is 0 Å². The first-order valence-electron chi connectivity index (χ1n) is 5.69. The summed E-state index contributed by atoms with van der Waals surface area (Å²) in [7, 11) is 0. The molecule has 18 heavy (non-hydrogen) atoms. The maximum absolute atomic E-state index is 13.7. The Balaban J connectivity index is 2.31. The van der Waals surface area contributed by atoms with Gasteiger partial charge in [-0.15, -0.1) is 5.10 Å². The van der Waals surface area contributed by atoms with Crippen LogP contribution in [0.2, 0.25) is 0 Å². The summed E-state index contributed by atoms with van der Waals surface area (Å²) in [4.78, 5) is 0. The minimum absolute atomic E-state index is 0.0633. The second-order valence-corrected chi connectivity index (χ2v) is 3.99. The molecule has 0 saturated heterocycles. The average molecular weight is 252 g/mol. The van der Waals surface area contributed by atoms with Crippen molar-refractivity contribution >= 4 is 0 Å². The molecule has 2 aromatic rings. The summed E-state index contributed by atoms with van der Waals surface area (Å²) < 4.78 is 28.4. The van der Waals surface area contributed by atoms with E-state index in [-0.39, 0.29) is 11.3 Å². The van der Waals surface area contributed by atoms with Crippen molar-refractivity contribution in [2.75, 3.05) is 6.54 Å². The molecule has 4 nitrogen and oxygen atoms in total. The summed E-state index contributed by atoms with van der Waals surface area (Å²) in [5, 5.41) is 10.8. The van der Waals surface area contributed by atoms with Crippen molar-refractivity contribution in [2.24, 2.45) is 0 Å². The molecule has 0 amide bonds. The lowest BCUT2D eigenvalue weighted by Crippen LogP contribution is -2.11. The minimum atomic E-state index is -0.520. The maximum atomic E-state index is 13.7. The van der Waals surface area contributed by atoms with Gasteiger partial charge in [0.1, 0.15) is 17.3 Å². The predicted octanol–water partition coefficient (Wildman–Crippen LogP) is 1.96. The molecule has 0 bridgehead atoms. The lowest BCUT2D eigenvalue weighted by atomic mass is 10.2. The first-order chi connectivity index (χ1) is 8.61. The smallest absolute Gasteiger partial charge is 0.149 e. The van der Waals surface area contributed by atoms with E-state index >= 15 is 0 Å². The second-order valence-electron chi connectivity index (χ2n) is 3.99. The summed E-state index contributed by atoms with van der Waals surface area (Å²) in [5.74, 6) is -0.982. The molecule has 2 rings (SSSR count). The molecule has 1 N–H and O–H groups in total. The van der Waals surface area contributed by atoms with Crippen LogP contribution in [0.4, 0.5) is 8.78 Å². The van der Waals surface area contributed by atoms with Crippen LogP contribution < -0.4 is 5.32 Å². The summed E-state index contributed by atoms with van der Waals surface area (Å²) in [5.41, 5.74) is 1.01. The van der Waals surface area contributed by atoms with Crippen LogP contribution in [0.3, 0.4) is 0 Å². The van der Waals surface area contributed by atoms with Crippen LogP contribution in [0.15, 0.2) is 18.3 Å². The number of nitrogens with one attached hydrogen (secondary N) is 1. The van der Waals surface area contributed by atoms with Crippen molar-refractivity contribution in [1.29, 1.82) is 0 Å². The van der Waals surface area contributed by atoms with Gasteiger partial charge in [0.05, 0.1) is 11.9 Å². The summed E-state index contributed by atoms with van der Waals surface area (Å²) in [6, 6.07) is 2.27. The Kier molecular flexibility index (Phi) is 3.66. The van der Waals surface area contributed by atoms with E-state index in [4.69, 9.17) is 0 Å². The maximum Gasteiger partial charge on any atom is 0.149 e. The normalized spacial score (nSPS) is 10.9. The number of hydrogen-bond donors (Lipinski definition) is 1. The number of halogens is 2. The van der Waals surface area contributed by atoms with Crippen LogP contribution in [0.1, 0.15) is 18.2 Å². The van der Waals surface area contributed by atoms with E-state index in [0.717, 1.165) is 18.7 Å². The fourth-order valence-corrected chi connectivity index (χ4v) is 1.56. The van der Waals surface area contributed by atoms with Gasteiger partial charge < -0.3 is 5.32 Å². The molecular formula is C12H14F2N4. The van der Waals surface area contributed by atoms with Crippen molar-refractivity contribution in [3.05, 3.63) is 41.2 Å². The van der Waals surface area contributed by atoms with Crippen LogP contribution in [-0.2, 0) is 6.54 Å². The first-order valence-corrected chi connectivity index (χ1v) is 5.69. The molecule has 96 valence electrons. The van der Waals surface area contributed by atoms with Crippen molar-refractivity contribution in [2.45, 2.75) is 20.4 Å². The van der Waals surface area contributed by atoms with Crippen molar-refractivity contribution < 1.29 is 8.78 Å². The van der Waals surface area contributed by atoms with Gasteiger partial charge >= 0.3 is 0 Å². The van der Waals surface area contributed by atoms with Crippen molar-refractivity contribution in [3.8, 4) is 5.69 Å². The Labute approximate surface area is 104 Å². The highest BCUT2D eigenvalue weighted by Gasteiger charge is 2.11. The molecule has 6 heteroatoms. The molecule has 1 aromatic carbocycles. The topological polar surface area (TPSA) is 42.7 Å². The van der Waals surface area contributed by atoms with E-state index in [1.165, 1.54) is 11.6 Å². The molecule has 1 aromatic heterocycles. The van der Waals surface area contributed by atoms with E-state index in [1.807, 2.05) is 6.92 Å². The zero-order valence-corrected chi connectivity index (χ0v) is 10.2. The van der Waals surface area contributed by atoms with E-state index in [0.29, 0.717) is 12.2 Å². The Morgan fingerprint density at radius 2 is 2.06 bits per heavy atom. The van der Waals surface area contributed by atoms with Gasteiger partial charge in [-0.25, -0.2) is 13.5 Å². The Hall–Kier alpha value is -1.82. The summed E-state index contributed by atoms with van der Waals surface area (Å²) in [6.45, 7) is 4.84. The highest BCUT2D eigenvalue weighted by atomic mass is 19.1.